The molecule has 0 spiro atoms. The van der Waals surface area contributed by atoms with Crippen LogP contribution in [0.25, 0.3) is 44.8 Å². The van der Waals surface area contributed by atoms with Gasteiger partial charge in [0.2, 0.25) is 0 Å². The number of nitrogens with zero attached hydrogens (tertiary/aromatic N) is 5. The van der Waals surface area contributed by atoms with E-state index in [1.54, 1.807) is 6.20 Å². The third-order valence-corrected chi connectivity index (χ3v) is 6.04. The molecule has 0 unspecified atom stereocenters. The topological polar surface area (TPSA) is 76.7 Å². The van der Waals surface area contributed by atoms with E-state index >= 15 is 0 Å². The van der Waals surface area contributed by atoms with Crippen molar-refractivity contribution in [2.45, 2.75) is 0 Å². The predicted molar refractivity (Wildman–Crippen MR) is 124 cm³/mol. The van der Waals surface area contributed by atoms with Gasteiger partial charge in [-0.3, -0.25) is 4.98 Å². The van der Waals surface area contributed by atoms with Crippen LogP contribution >= 0.6 is 0 Å². The van der Waals surface area contributed by atoms with Crippen molar-refractivity contribution in [2.75, 3.05) is 38.1 Å². The van der Waals surface area contributed by atoms with Gasteiger partial charge in [0.05, 0.1) is 22.2 Å². The van der Waals surface area contributed by atoms with E-state index in [4.69, 9.17) is 9.97 Å². The molecule has 0 amide bonds. The second-order valence-corrected chi connectivity index (χ2v) is 8.11. The molecule has 31 heavy (non-hydrogen) atoms. The van der Waals surface area contributed by atoms with Crippen molar-refractivity contribution < 1.29 is 0 Å². The van der Waals surface area contributed by atoms with Gasteiger partial charge in [-0.25, -0.2) is 9.97 Å². The van der Waals surface area contributed by atoms with Gasteiger partial charge in [-0.15, -0.1) is 0 Å². The van der Waals surface area contributed by atoms with Crippen LogP contribution in [0, 0.1) is 0 Å². The van der Waals surface area contributed by atoms with Crippen molar-refractivity contribution in [3.05, 3.63) is 60.9 Å². The van der Waals surface area contributed by atoms with Gasteiger partial charge in [0.15, 0.2) is 11.6 Å². The standard InChI is InChI=1S/C24H23N7/c1-30-10-12-31(13-11-30)21-6-2-5-19-22(21)29-24(27-19)23-26-18-8-7-16(14-20(18)28-23)17-4-3-9-25-15-17/h2-9,14-15H,10-13H2,1H3,(H,26,28)(H,27,29). The number of anilines is 1. The number of benzene rings is 2. The maximum absolute atomic E-state index is 4.94. The Morgan fingerprint density at radius 2 is 1.65 bits per heavy atom. The quantitative estimate of drug-likeness (QED) is 0.472. The van der Waals surface area contributed by atoms with Crippen molar-refractivity contribution in [2.24, 2.45) is 0 Å². The first-order chi connectivity index (χ1) is 15.2. The minimum absolute atomic E-state index is 0.749. The van der Waals surface area contributed by atoms with E-state index in [0.717, 1.165) is 71.0 Å². The van der Waals surface area contributed by atoms with Crippen LogP contribution in [0.15, 0.2) is 60.9 Å². The number of likely N-dealkylation sites (N-methyl/N-ethyl adjacent to an activating group) is 1. The molecule has 0 bridgehead atoms. The molecule has 0 radical (unpaired) electrons. The Bertz CT molecular complexity index is 1360. The van der Waals surface area contributed by atoms with Crippen LogP contribution in [0.5, 0.6) is 0 Å². The lowest BCUT2D eigenvalue weighted by Crippen LogP contribution is -2.44. The fourth-order valence-electron chi connectivity index (χ4n) is 4.27. The lowest BCUT2D eigenvalue weighted by molar-refractivity contribution is 0.313. The van der Waals surface area contributed by atoms with Crippen LogP contribution < -0.4 is 4.90 Å². The minimum Gasteiger partial charge on any atom is -0.367 e. The highest BCUT2D eigenvalue weighted by Crippen LogP contribution is 2.30. The van der Waals surface area contributed by atoms with E-state index in [0.29, 0.717) is 0 Å². The van der Waals surface area contributed by atoms with Gasteiger partial charge in [0.25, 0.3) is 0 Å². The van der Waals surface area contributed by atoms with Gasteiger partial charge < -0.3 is 19.8 Å². The number of hydrogen-bond donors (Lipinski definition) is 2. The molecule has 3 aromatic heterocycles. The third-order valence-electron chi connectivity index (χ3n) is 6.04. The molecule has 2 N–H and O–H groups in total. The number of rotatable bonds is 3. The molecule has 7 nitrogen and oxygen atoms in total. The molecule has 1 aliphatic rings. The number of fused-ring (bicyclic) bond motifs is 2. The van der Waals surface area contributed by atoms with Crippen LogP contribution in [-0.4, -0.2) is 63.0 Å². The summed E-state index contributed by atoms with van der Waals surface area (Å²) < 4.78 is 0. The number of H-pyrrole nitrogens is 2. The third kappa shape index (κ3) is 3.23. The monoisotopic (exact) mass is 409 g/mol. The second kappa shape index (κ2) is 7.21. The smallest absolute Gasteiger partial charge is 0.174 e. The van der Waals surface area contributed by atoms with Crippen LogP contribution in [0.1, 0.15) is 0 Å². The lowest BCUT2D eigenvalue weighted by Gasteiger charge is -2.34. The SMILES string of the molecule is CN1CCN(c2cccc3[nH]c(-c4nc5ccc(-c6cccnc6)cc5[nH]4)nc23)CC1. The molecule has 154 valence electrons. The summed E-state index contributed by atoms with van der Waals surface area (Å²) in [6.45, 7) is 4.16. The normalized spacial score (nSPS) is 15.2. The molecule has 5 aromatic rings. The van der Waals surface area contributed by atoms with E-state index in [-0.39, 0.29) is 0 Å². The highest BCUT2D eigenvalue weighted by molar-refractivity contribution is 5.91. The number of imidazole rings is 2. The average molecular weight is 409 g/mol. The summed E-state index contributed by atoms with van der Waals surface area (Å²) in [7, 11) is 2.17. The van der Waals surface area contributed by atoms with Crippen molar-refractivity contribution in [3.8, 4) is 22.8 Å². The fourth-order valence-corrected chi connectivity index (χ4v) is 4.27. The Hall–Kier alpha value is -3.71. The first-order valence-electron chi connectivity index (χ1n) is 10.6. The largest absolute Gasteiger partial charge is 0.367 e. The van der Waals surface area contributed by atoms with Gasteiger partial charge in [-0.1, -0.05) is 18.2 Å². The maximum Gasteiger partial charge on any atom is 0.174 e. The molecule has 4 heterocycles. The molecule has 1 saturated heterocycles. The van der Waals surface area contributed by atoms with Crippen molar-refractivity contribution >= 4 is 27.8 Å². The van der Waals surface area contributed by atoms with Gasteiger partial charge in [-0.05, 0) is 42.9 Å². The molecule has 2 aromatic carbocycles. The minimum atomic E-state index is 0.749. The number of aromatic amines is 2. The Morgan fingerprint density at radius 1 is 0.806 bits per heavy atom. The zero-order chi connectivity index (χ0) is 20.8. The Morgan fingerprint density at radius 3 is 2.48 bits per heavy atom. The summed E-state index contributed by atoms with van der Waals surface area (Å²) >= 11 is 0. The van der Waals surface area contributed by atoms with Crippen molar-refractivity contribution in [1.82, 2.24) is 29.8 Å². The number of pyridine rings is 1. The summed E-state index contributed by atoms with van der Waals surface area (Å²) in [6.07, 6.45) is 3.66. The van der Waals surface area contributed by atoms with Crippen molar-refractivity contribution in [1.29, 1.82) is 0 Å². The predicted octanol–water partition coefficient (Wildman–Crippen LogP) is 3.92. The van der Waals surface area contributed by atoms with Gasteiger partial charge in [0.1, 0.15) is 5.52 Å². The number of aromatic nitrogens is 5. The molecular weight excluding hydrogens is 386 g/mol. The zero-order valence-electron chi connectivity index (χ0n) is 17.3. The molecule has 6 rings (SSSR count). The molecule has 0 aliphatic carbocycles. The summed E-state index contributed by atoms with van der Waals surface area (Å²) in [5.41, 5.74) is 7.31. The highest BCUT2D eigenvalue weighted by Gasteiger charge is 2.19. The van der Waals surface area contributed by atoms with Crippen LogP contribution in [0.4, 0.5) is 5.69 Å². The van der Waals surface area contributed by atoms with E-state index in [9.17, 15) is 0 Å². The second-order valence-electron chi connectivity index (χ2n) is 8.11. The number of nitrogens with one attached hydrogen (secondary N) is 2. The van der Waals surface area contributed by atoms with E-state index in [1.165, 1.54) is 5.69 Å². The number of piperazine rings is 1. The molecule has 7 heteroatoms. The van der Waals surface area contributed by atoms with Crippen LogP contribution in [0.3, 0.4) is 0 Å². The van der Waals surface area contributed by atoms with Gasteiger partial charge >= 0.3 is 0 Å². The number of hydrogen-bond acceptors (Lipinski definition) is 5. The Labute approximate surface area is 179 Å². The molecule has 1 fully saturated rings. The van der Waals surface area contributed by atoms with Crippen LogP contribution in [-0.2, 0) is 0 Å². The Balaban J connectivity index is 1.38. The summed E-state index contributed by atoms with van der Waals surface area (Å²) in [5, 5.41) is 0. The average Bonchev–Trinajstić information content (AvgIpc) is 3.44. The van der Waals surface area contributed by atoms with E-state index < -0.39 is 0 Å². The van der Waals surface area contributed by atoms with Gasteiger partial charge in [0, 0.05) is 44.1 Å². The van der Waals surface area contributed by atoms with E-state index in [1.807, 2.05) is 18.3 Å². The zero-order valence-corrected chi connectivity index (χ0v) is 17.3. The first-order valence-corrected chi connectivity index (χ1v) is 10.6. The fraction of sp³-hybridized carbons (Fsp3) is 0.208. The summed E-state index contributed by atoms with van der Waals surface area (Å²) in [6, 6.07) is 16.6. The number of para-hydroxylation sites is 1. The lowest BCUT2D eigenvalue weighted by atomic mass is 10.1. The summed E-state index contributed by atoms with van der Waals surface area (Å²) in [5.74, 6) is 1.51. The molecule has 0 saturated carbocycles. The van der Waals surface area contributed by atoms with Crippen molar-refractivity contribution in [3.63, 3.8) is 0 Å². The molecule has 1 aliphatic heterocycles. The first kappa shape index (κ1) is 18.1. The summed E-state index contributed by atoms with van der Waals surface area (Å²) in [4.78, 5) is 25.6. The maximum atomic E-state index is 4.94. The van der Waals surface area contributed by atoms with E-state index in [2.05, 4.69) is 68.2 Å². The highest BCUT2D eigenvalue weighted by atomic mass is 15.3. The Kier molecular flexibility index (Phi) is 4.21. The molecular formula is C24H23N7. The molecule has 0 atom stereocenters. The van der Waals surface area contributed by atoms with Gasteiger partial charge in [-0.2, -0.15) is 0 Å². The van der Waals surface area contributed by atoms with Crippen LogP contribution in [0.2, 0.25) is 0 Å².